The van der Waals surface area contributed by atoms with E-state index in [0.29, 0.717) is 0 Å². The summed E-state index contributed by atoms with van der Waals surface area (Å²) in [5.41, 5.74) is 0.730. The van der Waals surface area contributed by atoms with Crippen LogP contribution in [-0.4, -0.2) is 31.7 Å². The summed E-state index contributed by atoms with van der Waals surface area (Å²) in [6.45, 7) is 6.02. The number of nitrogens with one attached hydrogen (secondary N) is 1. The Labute approximate surface area is 134 Å². The molecule has 0 saturated carbocycles. The molecular formula is C16H20N4O3. The minimum Gasteiger partial charge on any atom is -0.478 e. The number of aromatic nitrogens is 3. The molecule has 23 heavy (non-hydrogen) atoms. The number of hydrogen-bond acceptors (Lipinski definition) is 4. The zero-order valence-electron chi connectivity index (χ0n) is 13.6. The Morgan fingerprint density at radius 3 is 2.57 bits per heavy atom. The van der Waals surface area contributed by atoms with E-state index in [2.05, 4.69) is 15.4 Å². The van der Waals surface area contributed by atoms with Gasteiger partial charge in [0.15, 0.2) is 0 Å². The van der Waals surface area contributed by atoms with Gasteiger partial charge in [-0.3, -0.25) is 14.5 Å². The first kappa shape index (κ1) is 16.7. The Bertz CT molecular complexity index is 731. The van der Waals surface area contributed by atoms with Gasteiger partial charge < -0.3 is 10.4 Å². The third kappa shape index (κ3) is 3.94. The first-order valence-corrected chi connectivity index (χ1v) is 7.17. The average Bonchev–Trinajstić information content (AvgIpc) is 2.89. The van der Waals surface area contributed by atoms with E-state index in [4.69, 9.17) is 5.11 Å². The molecule has 0 aliphatic rings. The van der Waals surface area contributed by atoms with Gasteiger partial charge in [-0.2, -0.15) is 5.10 Å². The van der Waals surface area contributed by atoms with Gasteiger partial charge in [-0.1, -0.05) is 20.8 Å². The summed E-state index contributed by atoms with van der Waals surface area (Å²) in [5.74, 6) is -1.52. The van der Waals surface area contributed by atoms with Gasteiger partial charge in [0.2, 0.25) is 0 Å². The lowest BCUT2D eigenvalue weighted by Crippen LogP contribution is -2.37. The molecule has 1 unspecified atom stereocenters. The monoisotopic (exact) mass is 316 g/mol. The van der Waals surface area contributed by atoms with Crippen molar-refractivity contribution in [2.24, 2.45) is 12.5 Å². The molecule has 0 fully saturated rings. The van der Waals surface area contributed by atoms with E-state index < -0.39 is 11.9 Å². The number of nitrogens with zero attached hydrogens (tertiary/aromatic N) is 3. The van der Waals surface area contributed by atoms with Crippen molar-refractivity contribution in [3.63, 3.8) is 0 Å². The minimum atomic E-state index is -1.10. The van der Waals surface area contributed by atoms with E-state index in [9.17, 15) is 9.59 Å². The second-order valence-electron chi connectivity index (χ2n) is 6.45. The smallest absolute Gasteiger partial charge is 0.335 e. The maximum Gasteiger partial charge on any atom is 0.335 e. The van der Waals surface area contributed by atoms with Gasteiger partial charge in [0, 0.05) is 25.0 Å². The Balaban J connectivity index is 2.28. The van der Waals surface area contributed by atoms with Crippen molar-refractivity contribution in [2.75, 3.05) is 0 Å². The Hall–Kier alpha value is -2.70. The number of carbonyl (C=O) groups is 2. The molecule has 2 aromatic rings. The summed E-state index contributed by atoms with van der Waals surface area (Å²) in [6.07, 6.45) is 4.86. The number of carboxylic acids is 1. The van der Waals surface area contributed by atoms with Gasteiger partial charge >= 0.3 is 5.97 Å². The lowest BCUT2D eigenvalue weighted by molar-refractivity contribution is 0.0696. The maximum atomic E-state index is 12.5. The molecule has 122 valence electrons. The highest BCUT2D eigenvalue weighted by atomic mass is 16.4. The highest BCUT2D eigenvalue weighted by Crippen LogP contribution is 2.32. The normalized spacial score (nSPS) is 12.7. The van der Waals surface area contributed by atoms with Crippen LogP contribution in [0.1, 0.15) is 53.2 Å². The SMILES string of the molecule is Cn1cc(C(NC(=O)c2cc(C(=O)O)ccn2)C(C)(C)C)cn1. The van der Waals surface area contributed by atoms with Gasteiger partial charge in [-0.25, -0.2) is 4.79 Å². The van der Waals surface area contributed by atoms with Crippen molar-refractivity contribution >= 4 is 11.9 Å². The Morgan fingerprint density at radius 2 is 2.04 bits per heavy atom. The third-order valence-electron chi connectivity index (χ3n) is 3.44. The zero-order valence-corrected chi connectivity index (χ0v) is 13.6. The largest absolute Gasteiger partial charge is 0.478 e. The van der Waals surface area contributed by atoms with Crippen LogP contribution in [0.2, 0.25) is 0 Å². The van der Waals surface area contributed by atoms with Gasteiger partial charge in [0.25, 0.3) is 5.91 Å². The molecule has 2 rings (SSSR count). The summed E-state index contributed by atoms with van der Waals surface area (Å²) >= 11 is 0. The molecule has 7 nitrogen and oxygen atoms in total. The van der Waals surface area contributed by atoms with Gasteiger partial charge in [0.05, 0.1) is 17.8 Å². The summed E-state index contributed by atoms with van der Waals surface area (Å²) in [7, 11) is 1.81. The van der Waals surface area contributed by atoms with Crippen molar-refractivity contribution in [1.82, 2.24) is 20.1 Å². The standard InChI is InChI=1S/C16H20N4O3/c1-16(2,3)13(11-8-18-20(4)9-11)19-14(21)12-7-10(15(22)23)5-6-17-12/h5-9,13H,1-4H3,(H,19,21)(H,22,23). The first-order valence-electron chi connectivity index (χ1n) is 7.17. The third-order valence-corrected chi connectivity index (χ3v) is 3.44. The van der Waals surface area contributed by atoms with Crippen LogP contribution < -0.4 is 5.32 Å². The van der Waals surface area contributed by atoms with E-state index in [1.165, 1.54) is 18.3 Å². The fourth-order valence-corrected chi connectivity index (χ4v) is 2.28. The molecule has 0 bridgehead atoms. The predicted octanol–water partition coefficient (Wildman–Crippen LogP) is 2.03. The van der Waals surface area contributed by atoms with Gasteiger partial charge in [0.1, 0.15) is 5.69 Å². The van der Waals surface area contributed by atoms with Gasteiger partial charge in [-0.15, -0.1) is 0 Å². The quantitative estimate of drug-likeness (QED) is 0.899. The average molecular weight is 316 g/mol. The van der Waals surface area contributed by atoms with Crippen molar-refractivity contribution in [1.29, 1.82) is 0 Å². The first-order chi connectivity index (χ1) is 10.7. The lowest BCUT2D eigenvalue weighted by Gasteiger charge is -2.30. The summed E-state index contributed by atoms with van der Waals surface area (Å²) in [4.78, 5) is 27.4. The van der Waals surface area contributed by atoms with E-state index >= 15 is 0 Å². The number of rotatable bonds is 4. The molecule has 2 aromatic heterocycles. The van der Waals surface area contributed by atoms with E-state index in [-0.39, 0.29) is 22.7 Å². The predicted molar refractivity (Wildman–Crippen MR) is 84.1 cm³/mol. The molecular weight excluding hydrogens is 296 g/mol. The number of carbonyl (C=O) groups excluding carboxylic acids is 1. The highest BCUT2D eigenvalue weighted by Gasteiger charge is 2.29. The van der Waals surface area contributed by atoms with Crippen molar-refractivity contribution in [3.8, 4) is 0 Å². The van der Waals surface area contributed by atoms with Crippen molar-refractivity contribution < 1.29 is 14.7 Å². The molecule has 1 amide bonds. The lowest BCUT2D eigenvalue weighted by atomic mass is 9.83. The van der Waals surface area contributed by atoms with Crippen molar-refractivity contribution in [3.05, 3.63) is 47.5 Å². The van der Waals surface area contributed by atoms with E-state index in [0.717, 1.165) is 5.56 Å². The summed E-state index contributed by atoms with van der Waals surface area (Å²) in [6, 6.07) is 2.33. The van der Waals surface area contributed by atoms with Crippen LogP contribution in [0, 0.1) is 5.41 Å². The molecule has 0 aromatic carbocycles. The Morgan fingerprint density at radius 1 is 1.35 bits per heavy atom. The number of aromatic carboxylic acids is 1. The highest BCUT2D eigenvalue weighted by molar-refractivity contribution is 5.96. The zero-order chi connectivity index (χ0) is 17.2. The molecule has 7 heteroatoms. The van der Waals surface area contributed by atoms with Crippen LogP contribution in [0.3, 0.4) is 0 Å². The second-order valence-corrected chi connectivity index (χ2v) is 6.45. The van der Waals surface area contributed by atoms with Crippen LogP contribution in [0.4, 0.5) is 0 Å². The number of carboxylic acid groups (broad SMARTS) is 1. The molecule has 0 saturated heterocycles. The maximum absolute atomic E-state index is 12.5. The molecule has 0 spiro atoms. The molecule has 0 radical (unpaired) electrons. The van der Waals surface area contributed by atoms with Gasteiger partial charge in [-0.05, 0) is 17.5 Å². The minimum absolute atomic E-state index is 0.0267. The molecule has 2 N–H and O–H groups in total. The Kier molecular flexibility index (Phi) is 4.49. The molecule has 0 aliphatic carbocycles. The summed E-state index contributed by atoms with van der Waals surface area (Å²) < 4.78 is 1.67. The second kappa shape index (κ2) is 6.20. The van der Waals surface area contributed by atoms with Crippen LogP contribution in [0.15, 0.2) is 30.7 Å². The number of aryl methyl sites for hydroxylation is 1. The number of pyridine rings is 1. The van der Waals surface area contributed by atoms with Crippen molar-refractivity contribution in [2.45, 2.75) is 26.8 Å². The summed E-state index contributed by atoms with van der Waals surface area (Å²) in [5, 5.41) is 16.1. The van der Waals surface area contributed by atoms with E-state index in [1.54, 1.807) is 10.9 Å². The molecule has 0 aliphatic heterocycles. The molecule has 2 heterocycles. The topological polar surface area (TPSA) is 97.1 Å². The fourth-order valence-electron chi connectivity index (χ4n) is 2.28. The van der Waals surface area contributed by atoms with Crippen LogP contribution in [-0.2, 0) is 7.05 Å². The van der Waals surface area contributed by atoms with Crippen LogP contribution >= 0.6 is 0 Å². The number of hydrogen-bond donors (Lipinski definition) is 2. The number of amides is 1. The van der Waals surface area contributed by atoms with E-state index in [1.807, 2.05) is 34.0 Å². The fraction of sp³-hybridized carbons (Fsp3) is 0.375. The molecule has 1 atom stereocenters. The van der Waals surface area contributed by atoms with Crippen LogP contribution in [0.5, 0.6) is 0 Å². The van der Waals surface area contributed by atoms with Crippen LogP contribution in [0.25, 0.3) is 0 Å².